The number of Topliss-reactive ketones (excluding diaryl/α,β-unsaturated/α-hetero) is 2. The van der Waals surface area contributed by atoms with E-state index in [0.29, 0.717) is 19.4 Å². The zero-order valence-corrected chi connectivity index (χ0v) is 12.6. The van der Waals surface area contributed by atoms with Crippen LogP contribution in [0.2, 0.25) is 18.1 Å². The molecule has 1 saturated carbocycles. The van der Waals surface area contributed by atoms with E-state index in [1.165, 1.54) is 0 Å². The Hall–Kier alpha value is -0.483. The molecule has 0 radical (unpaired) electrons. The van der Waals surface area contributed by atoms with E-state index in [0.717, 1.165) is 6.42 Å². The molecule has 17 heavy (non-hydrogen) atoms. The van der Waals surface area contributed by atoms with Crippen LogP contribution in [-0.2, 0) is 14.0 Å². The molecule has 0 bridgehead atoms. The van der Waals surface area contributed by atoms with Gasteiger partial charge >= 0.3 is 0 Å². The van der Waals surface area contributed by atoms with Crippen molar-refractivity contribution in [2.45, 2.75) is 58.2 Å². The van der Waals surface area contributed by atoms with Crippen LogP contribution in [0.15, 0.2) is 0 Å². The molecule has 0 aromatic carbocycles. The van der Waals surface area contributed by atoms with Crippen molar-refractivity contribution in [2.24, 2.45) is 5.92 Å². The molecule has 0 N–H and O–H groups in total. The fourth-order valence-electron chi connectivity index (χ4n) is 1.74. The van der Waals surface area contributed by atoms with Gasteiger partial charge in [0.2, 0.25) is 5.78 Å². The lowest BCUT2D eigenvalue weighted by molar-refractivity contribution is -0.135. The zero-order valence-electron chi connectivity index (χ0n) is 11.6. The minimum atomic E-state index is -1.71. The largest absolute Gasteiger partial charge is 0.417 e. The molecule has 1 fully saturated rings. The minimum absolute atomic E-state index is 0.0766. The summed E-state index contributed by atoms with van der Waals surface area (Å²) in [5.41, 5.74) is 0. The van der Waals surface area contributed by atoms with Crippen LogP contribution in [0.5, 0.6) is 0 Å². The van der Waals surface area contributed by atoms with Crippen molar-refractivity contribution in [3.8, 4) is 0 Å². The van der Waals surface area contributed by atoms with Crippen LogP contribution in [0.1, 0.15) is 40.0 Å². The van der Waals surface area contributed by atoms with Gasteiger partial charge in [0.05, 0.1) is 0 Å². The Morgan fingerprint density at radius 2 is 1.88 bits per heavy atom. The summed E-state index contributed by atoms with van der Waals surface area (Å²) in [5, 5.41) is 0.197. The van der Waals surface area contributed by atoms with Gasteiger partial charge in [-0.25, -0.2) is 0 Å². The van der Waals surface area contributed by atoms with Crippen molar-refractivity contribution >= 4 is 19.9 Å². The fourth-order valence-corrected chi connectivity index (χ4v) is 2.80. The fraction of sp³-hybridized carbons (Fsp3) is 0.846. The van der Waals surface area contributed by atoms with Gasteiger partial charge in [0.1, 0.15) is 0 Å². The lowest BCUT2D eigenvalue weighted by Gasteiger charge is -2.36. The lowest BCUT2D eigenvalue weighted by atomic mass is 10.0. The van der Waals surface area contributed by atoms with E-state index in [-0.39, 0.29) is 22.5 Å². The van der Waals surface area contributed by atoms with Crippen LogP contribution in [0.4, 0.5) is 0 Å². The first-order valence-electron chi connectivity index (χ1n) is 6.36. The van der Waals surface area contributed by atoms with E-state index in [1.807, 2.05) is 0 Å². The van der Waals surface area contributed by atoms with Gasteiger partial charge in [-0.3, -0.25) is 9.59 Å². The van der Waals surface area contributed by atoms with Gasteiger partial charge in [-0.15, -0.1) is 0 Å². The van der Waals surface area contributed by atoms with E-state index in [2.05, 4.69) is 33.9 Å². The topological polar surface area (TPSA) is 43.4 Å². The molecule has 1 unspecified atom stereocenters. The van der Waals surface area contributed by atoms with Crippen molar-refractivity contribution in [1.29, 1.82) is 0 Å². The molecular weight excluding hydrogens is 232 g/mol. The molecule has 0 aliphatic heterocycles. The Balaban J connectivity index is 2.39. The van der Waals surface area contributed by atoms with Crippen LogP contribution >= 0.6 is 0 Å². The molecular formula is C13H24O3Si. The van der Waals surface area contributed by atoms with E-state index < -0.39 is 8.32 Å². The van der Waals surface area contributed by atoms with Gasteiger partial charge in [0.15, 0.2) is 14.1 Å². The molecule has 1 aliphatic rings. The Morgan fingerprint density at radius 1 is 1.29 bits per heavy atom. The van der Waals surface area contributed by atoms with Crippen LogP contribution in [0, 0.1) is 5.92 Å². The molecule has 0 heterocycles. The summed E-state index contributed by atoms with van der Waals surface area (Å²) >= 11 is 0. The van der Waals surface area contributed by atoms with Crippen molar-refractivity contribution in [3.05, 3.63) is 0 Å². The number of carbonyl (C=O) groups excluding carboxylic acids is 2. The Labute approximate surface area is 105 Å². The summed E-state index contributed by atoms with van der Waals surface area (Å²) < 4.78 is 6.01. The first-order valence-corrected chi connectivity index (χ1v) is 9.27. The molecule has 0 aromatic rings. The third-order valence-corrected chi connectivity index (χ3v) is 8.64. The molecule has 0 spiro atoms. The van der Waals surface area contributed by atoms with E-state index in [4.69, 9.17) is 4.43 Å². The summed E-state index contributed by atoms with van der Waals surface area (Å²) in [5.74, 6) is -0.446. The Morgan fingerprint density at radius 3 is 2.29 bits per heavy atom. The normalized spacial score (nSPS) is 22.3. The number of hydrogen-bond donors (Lipinski definition) is 0. The van der Waals surface area contributed by atoms with Crippen LogP contribution in [0.25, 0.3) is 0 Å². The number of ketones is 2. The van der Waals surface area contributed by atoms with E-state index in [9.17, 15) is 9.59 Å². The summed E-state index contributed by atoms with van der Waals surface area (Å²) in [7, 11) is -1.71. The predicted octanol–water partition coefficient (Wildman–Crippen LogP) is 2.95. The standard InChI is InChI=1S/C13H24O3Si/c1-13(2,3)17(4,5)16-9-8-10-6-7-11(14)12(10)15/h10H,6-9H2,1-5H3. The van der Waals surface area contributed by atoms with E-state index in [1.54, 1.807) is 0 Å². The minimum Gasteiger partial charge on any atom is -0.417 e. The Bertz CT molecular complexity index is 315. The van der Waals surface area contributed by atoms with Crippen LogP contribution in [0.3, 0.4) is 0 Å². The highest BCUT2D eigenvalue weighted by Crippen LogP contribution is 2.36. The molecule has 98 valence electrons. The molecule has 1 aliphatic carbocycles. The second-order valence-corrected chi connectivity index (χ2v) is 11.2. The highest BCUT2D eigenvalue weighted by Gasteiger charge is 2.38. The SMILES string of the molecule is CC(C)(C)[Si](C)(C)OCCC1CCC(=O)C1=O. The van der Waals surface area contributed by atoms with E-state index >= 15 is 0 Å². The third-order valence-electron chi connectivity index (χ3n) is 4.10. The van der Waals surface area contributed by atoms with Crippen molar-refractivity contribution < 1.29 is 14.0 Å². The summed E-state index contributed by atoms with van der Waals surface area (Å²) in [6.45, 7) is 11.6. The monoisotopic (exact) mass is 256 g/mol. The molecule has 3 nitrogen and oxygen atoms in total. The first-order chi connectivity index (χ1) is 7.65. The summed E-state index contributed by atoms with van der Waals surface area (Å²) in [6, 6.07) is 0. The van der Waals surface area contributed by atoms with Crippen molar-refractivity contribution in [3.63, 3.8) is 0 Å². The van der Waals surface area contributed by atoms with Crippen LogP contribution in [-0.4, -0.2) is 26.5 Å². The molecule has 0 aromatic heterocycles. The average molecular weight is 256 g/mol. The van der Waals surface area contributed by atoms with Gasteiger partial charge < -0.3 is 4.43 Å². The van der Waals surface area contributed by atoms with Crippen molar-refractivity contribution in [1.82, 2.24) is 0 Å². The maximum atomic E-state index is 11.5. The molecule has 0 amide bonds. The van der Waals surface area contributed by atoms with Gasteiger partial charge in [0.25, 0.3) is 0 Å². The van der Waals surface area contributed by atoms with Crippen LogP contribution < -0.4 is 0 Å². The van der Waals surface area contributed by atoms with Gasteiger partial charge in [-0.1, -0.05) is 20.8 Å². The van der Waals surface area contributed by atoms with Gasteiger partial charge in [-0.05, 0) is 31.0 Å². The number of hydrogen-bond acceptors (Lipinski definition) is 3. The maximum Gasteiger partial charge on any atom is 0.201 e. The highest BCUT2D eigenvalue weighted by atomic mass is 28.4. The second-order valence-electron chi connectivity index (χ2n) is 6.42. The number of carbonyl (C=O) groups is 2. The maximum absolute atomic E-state index is 11.5. The predicted molar refractivity (Wildman–Crippen MR) is 70.5 cm³/mol. The first kappa shape index (κ1) is 14.6. The highest BCUT2D eigenvalue weighted by molar-refractivity contribution is 6.74. The smallest absolute Gasteiger partial charge is 0.201 e. The lowest BCUT2D eigenvalue weighted by Crippen LogP contribution is -2.41. The molecule has 0 saturated heterocycles. The quantitative estimate of drug-likeness (QED) is 0.574. The zero-order chi connectivity index (χ0) is 13.3. The molecule has 1 atom stereocenters. The molecule has 1 rings (SSSR count). The summed E-state index contributed by atoms with van der Waals surface area (Å²) in [4.78, 5) is 22.6. The number of rotatable bonds is 4. The third kappa shape index (κ3) is 3.49. The summed E-state index contributed by atoms with van der Waals surface area (Å²) in [6.07, 6.45) is 1.86. The average Bonchev–Trinajstić information content (AvgIpc) is 2.47. The Kier molecular flexibility index (Phi) is 4.31. The van der Waals surface area contributed by atoms with Gasteiger partial charge in [0, 0.05) is 18.9 Å². The van der Waals surface area contributed by atoms with Gasteiger partial charge in [-0.2, -0.15) is 0 Å². The second kappa shape index (κ2) is 5.02. The van der Waals surface area contributed by atoms with Crippen molar-refractivity contribution in [2.75, 3.05) is 6.61 Å². The molecule has 4 heteroatoms.